The van der Waals surface area contributed by atoms with Gasteiger partial charge in [-0.05, 0) is 313 Å². The van der Waals surface area contributed by atoms with Crippen molar-refractivity contribution < 1.29 is 48.4 Å². The van der Waals surface area contributed by atoms with E-state index in [4.69, 9.17) is 49.3 Å². The second-order valence-corrected chi connectivity index (χ2v) is 32.1. The fraction of sp³-hybridized carbons (Fsp3) is 0.189. The van der Waals surface area contributed by atoms with Crippen molar-refractivity contribution in [3.8, 4) is 102 Å². The fourth-order valence-electron chi connectivity index (χ4n) is 18.8. The Morgan fingerprint density at radius 2 is 0.390 bits per heavy atom. The smallest absolute Gasteiger partial charge is 0.657 e. The maximum absolute atomic E-state index is 6.28. The summed E-state index contributed by atoms with van der Waals surface area (Å²) < 4.78 is 12.6. The molecule has 12 heteroatoms. The molecule has 570 valence electrons. The third kappa shape index (κ3) is 14.6. The third-order valence-electron chi connectivity index (χ3n) is 22.9. The number of aromatic nitrogens is 8. The predicted octanol–water partition coefficient (Wildman–Crippen LogP) is 24.5. The average Bonchev–Trinajstić information content (AvgIpc) is 1.60. The molecule has 10 nitrogen and oxygen atoms in total. The van der Waals surface area contributed by atoms with Crippen LogP contribution >= 0.6 is 0 Å². The first-order valence-corrected chi connectivity index (χ1v) is 39.7. The van der Waals surface area contributed by atoms with E-state index in [2.05, 4.69) is 318 Å². The van der Waals surface area contributed by atoms with E-state index in [0.717, 1.165) is 201 Å². The van der Waals surface area contributed by atoms with Gasteiger partial charge in [0.1, 0.15) is 11.5 Å². The number of hydrogen-bond donors (Lipinski definition) is 0. The maximum Gasteiger partial charge on any atom is 2.00 e. The molecule has 118 heavy (non-hydrogen) atoms. The molecule has 0 unspecified atom stereocenters. The monoisotopic (exact) mass is 1630 g/mol. The van der Waals surface area contributed by atoms with Gasteiger partial charge in [0.25, 0.3) is 0 Å². The molecule has 4 aliphatic heterocycles. The molecule has 13 aromatic rings. The van der Waals surface area contributed by atoms with Gasteiger partial charge in [0.2, 0.25) is 0 Å². The average molecular weight is 1640 g/mol. The van der Waals surface area contributed by atoms with Gasteiger partial charge in [0.05, 0.1) is 70.9 Å². The Balaban J connectivity index is 0.00000544. The van der Waals surface area contributed by atoms with E-state index in [1.165, 1.54) is 33.4 Å². The molecular formula is C106H90N8O2Zn2. The molecule has 4 aliphatic rings. The fourth-order valence-corrected chi connectivity index (χ4v) is 18.8. The third-order valence-corrected chi connectivity index (χ3v) is 22.9. The van der Waals surface area contributed by atoms with Crippen molar-refractivity contribution in [1.82, 2.24) is 39.9 Å². The van der Waals surface area contributed by atoms with E-state index >= 15 is 0 Å². The zero-order chi connectivity index (χ0) is 81.1. The van der Waals surface area contributed by atoms with Gasteiger partial charge >= 0.3 is 39.0 Å². The van der Waals surface area contributed by atoms with E-state index in [-0.39, 0.29) is 39.0 Å². The summed E-state index contributed by atoms with van der Waals surface area (Å²) in [5, 5.41) is 0. The molecule has 7 aromatic carbocycles. The summed E-state index contributed by atoms with van der Waals surface area (Å²) in [7, 11) is 3.30. The summed E-state index contributed by atoms with van der Waals surface area (Å²) in [6, 6.07) is 47.7. The van der Waals surface area contributed by atoms with Crippen LogP contribution in [0.1, 0.15) is 168 Å². The zero-order valence-corrected chi connectivity index (χ0v) is 77.1. The molecule has 6 aromatic heterocycles. The second kappa shape index (κ2) is 32.0. The Morgan fingerprint density at radius 3 is 0.593 bits per heavy atom. The van der Waals surface area contributed by atoms with Gasteiger partial charge in [0.15, 0.2) is 0 Å². The van der Waals surface area contributed by atoms with Crippen LogP contribution in [0.3, 0.4) is 0 Å². The molecule has 0 amide bonds. The number of hydrogen-bond acceptors (Lipinski definition) is 6. The van der Waals surface area contributed by atoms with Gasteiger partial charge < -0.3 is 29.4 Å². The molecule has 0 N–H and O–H groups in total. The number of rotatable bonds is 8. The number of ether oxygens (including phenoxy) is 2. The summed E-state index contributed by atoms with van der Waals surface area (Å²) in [5.74, 6) is 15.6. The van der Waals surface area contributed by atoms with Crippen molar-refractivity contribution in [2.75, 3.05) is 14.2 Å². The molecule has 0 atom stereocenters. The minimum absolute atomic E-state index is 0. The van der Waals surface area contributed by atoms with Crippen LogP contribution in [0.2, 0.25) is 0 Å². The van der Waals surface area contributed by atoms with Crippen LogP contribution in [0, 0.1) is 148 Å². The van der Waals surface area contributed by atoms with E-state index < -0.39 is 0 Å². The number of nitrogens with zero attached hydrogens (tertiary/aromatic N) is 8. The molecular weight excluding hydrogens is 1550 g/mol. The Bertz CT molecular complexity index is 6480. The summed E-state index contributed by atoms with van der Waals surface area (Å²) in [4.78, 5) is 45.4. The summed E-state index contributed by atoms with van der Waals surface area (Å²) in [5.41, 5.74) is 47.1. The number of methoxy groups -OCH3 is 2. The number of fused-ring (bicyclic) bond motifs is 16. The summed E-state index contributed by atoms with van der Waals surface area (Å²) >= 11 is 0. The standard InChI is InChI=1S/C106H90N8O2.2Zn/c1-55-41-61(7)95(62(8)42-55)101-81-29-25-77(107-81)75(78-26-30-82(108-78)102(96-63(9)43-56(2)44-64(96)10)86-34-38-90(112-86)105(89-37-33-85(101)111-89)99-69(15)49-59(5)50-70(99)16)23-21-73-53-74(94(116-20)54-93(73)115-19)22-24-76-79-27-31-83(109-79)103(97-65(11)45-57(3)46-66(97)12)87-35-39-91(113-87)106(100-71(17)51-60(6)52-72(100)18)92-40-36-88(114-92)104(84-32-28-80(76)110-84)98-67(13)47-58(4)48-68(98)14;;/h25-54H,1-20H3;;/q-4;2*+2. The van der Waals surface area contributed by atoms with Gasteiger partial charge in [0, 0.05) is 17.2 Å². The zero-order valence-electron chi connectivity index (χ0n) is 71.1. The number of benzene rings is 7. The molecule has 0 saturated heterocycles. The Morgan fingerprint density at radius 1 is 0.212 bits per heavy atom. The minimum Gasteiger partial charge on any atom is -0.657 e. The van der Waals surface area contributed by atoms with Gasteiger partial charge in [-0.2, -0.15) is 0 Å². The van der Waals surface area contributed by atoms with Crippen molar-refractivity contribution in [3.05, 3.63) is 301 Å². The first-order chi connectivity index (χ1) is 55.8. The SMILES string of the molecule is COc1cc(OC)c(C#Cc2c3nc(c(-c4c(C)cc(C)cc4C)c4ccc([n-]4)c(-c4c(C)cc(C)cc4C)c4nc(c(-c5c(C)cc(C)cc5C)c5ccc2[n-]5)C=C4)C=C3)cc1C#Cc1c2nc(c(-c3c(C)cc(C)cc3C)c3ccc([n-]3)c(-c3c(C)cc(C)cc3C)c3nc(c(-c4c(C)cc(C)cc4C)c4ccc1[n-]4)C=C3)C=C2.[Zn+2].[Zn+2]. The van der Waals surface area contributed by atoms with Crippen LogP contribution in [-0.2, 0) is 39.0 Å². The van der Waals surface area contributed by atoms with Crippen molar-refractivity contribution in [3.63, 3.8) is 0 Å². The first-order valence-electron chi connectivity index (χ1n) is 39.7. The molecule has 0 saturated carbocycles. The van der Waals surface area contributed by atoms with Crippen LogP contribution in [0.5, 0.6) is 11.5 Å². The summed E-state index contributed by atoms with van der Waals surface area (Å²) in [6.45, 7) is 39.1. The van der Waals surface area contributed by atoms with Crippen molar-refractivity contribution in [1.29, 1.82) is 0 Å². The van der Waals surface area contributed by atoms with Crippen LogP contribution in [0.4, 0.5) is 0 Å². The predicted molar refractivity (Wildman–Crippen MR) is 483 cm³/mol. The van der Waals surface area contributed by atoms with E-state index in [1.54, 1.807) is 14.2 Å². The van der Waals surface area contributed by atoms with Gasteiger partial charge in [-0.3, -0.25) is 0 Å². The Labute approximate surface area is 717 Å². The van der Waals surface area contributed by atoms with E-state index in [1.807, 2.05) is 12.1 Å². The molecule has 0 aliphatic carbocycles. The molecule has 17 rings (SSSR count). The maximum atomic E-state index is 6.28. The van der Waals surface area contributed by atoms with Crippen LogP contribution in [-0.4, -0.2) is 34.2 Å². The van der Waals surface area contributed by atoms with Gasteiger partial charge in [-0.1, -0.05) is 178 Å². The second-order valence-electron chi connectivity index (χ2n) is 32.1. The number of aryl methyl sites for hydroxylation is 18. The molecule has 16 bridgehead atoms. The molecule has 0 fully saturated rings. The largest absolute Gasteiger partial charge is 2.00 e. The quantitative estimate of drug-likeness (QED) is 0.107. The van der Waals surface area contributed by atoms with Crippen LogP contribution in [0.25, 0.3) is 160 Å². The first kappa shape index (κ1) is 80.9. The molecule has 0 radical (unpaired) electrons. The minimum atomic E-state index is 0. The molecule has 0 spiro atoms. The normalized spacial score (nSPS) is 11.8. The Kier molecular flexibility index (Phi) is 21.9. The topological polar surface area (TPSA) is 126 Å². The Hall–Kier alpha value is -12.3. The van der Waals surface area contributed by atoms with Crippen molar-refractivity contribution in [2.45, 2.75) is 125 Å². The van der Waals surface area contributed by atoms with E-state index in [9.17, 15) is 0 Å². The molecule has 10 heterocycles. The van der Waals surface area contributed by atoms with Gasteiger partial charge in [-0.15, -0.1) is 44.1 Å². The van der Waals surface area contributed by atoms with Gasteiger partial charge in [-0.25, -0.2) is 19.9 Å². The van der Waals surface area contributed by atoms with Crippen LogP contribution < -0.4 is 29.4 Å². The van der Waals surface area contributed by atoms with Crippen LogP contribution in [0.15, 0.2) is 133 Å². The summed E-state index contributed by atoms with van der Waals surface area (Å²) in [6.07, 6.45) is 16.9. The van der Waals surface area contributed by atoms with Crippen molar-refractivity contribution in [2.24, 2.45) is 0 Å². The van der Waals surface area contributed by atoms with Crippen molar-refractivity contribution >= 4 is 92.7 Å². The van der Waals surface area contributed by atoms with E-state index in [0.29, 0.717) is 56.2 Å².